The highest BCUT2D eigenvalue weighted by atomic mass is 16.5. The smallest absolute Gasteiger partial charge is 0.407 e. The van der Waals surface area contributed by atoms with E-state index in [1.807, 2.05) is 36.4 Å². The highest BCUT2D eigenvalue weighted by Gasteiger charge is 2.29. The van der Waals surface area contributed by atoms with E-state index in [9.17, 15) is 14.7 Å². The molecule has 0 saturated heterocycles. The Kier molecular flexibility index (Phi) is 5.20. The second-order valence-electron chi connectivity index (χ2n) is 6.73. The van der Waals surface area contributed by atoms with Crippen LogP contribution < -0.4 is 5.32 Å². The van der Waals surface area contributed by atoms with Gasteiger partial charge in [0.05, 0.1) is 0 Å². The van der Waals surface area contributed by atoms with Crippen molar-refractivity contribution in [3.05, 3.63) is 83.9 Å². The van der Waals surface area contributed by atoms with Crippen LogP contribution in [0.25, 0.3) is 11.1 Å². The lowest BCUT2D eigenvalue weighted by molar-refractivity contribution is -0.139. The van der Waals surface area contributed by atoms with Gasteiger partial charge in [-0.15, -0.1) is 0 Å². The zero-order chi connectivity index (χ0) is 20.2. The van der Waals surface area contributed by atoms with Crippen LogP contribution in [0, 0.1) is 0 Å². The van der Waals surface area contributed by atoms with Crippen molar-refractivity contribution in [3.63, 3.8) is 0 Å². The molecule has 1 aromatic heterocycles. The fourth-order valence-corrected chi connectivity index (χ4v) is 3.60. The van der Waals surface area contributed by atoms with Gasteiger partial charge in [0.1, 0.15) is 18.5 Å². The number of carboxylic acid groups (broad SMARTS) is 1. The van der Waals surface area contributed by atoms with Crippen molar-refractivity contribution in [2.45, 2.75) is 18.4 Å². The third-order valence-corrected chi connectivity index (χ3v) is 4.94. The van der Waals surface area contributed by atoms with Gasteiger partial charge >= 0.3 is 12.1 Å². The molecule has 7 nitrogen and oxygen atoms in total. The molecule has 0 spiro atoms. The Bertz CT molecular complexity index is 993. The molecule has 0 unspecified atom stereocenters. The van der Waals surface area contributed by atoms with Gasteiger partial charge < -0.3 is 15.2 Å². The highest BCUT2D eigenvalue weighted by Crippen LogP contribution is 2.44. The van der Waals surface area contributed by atoms with Crippen molar-refractivity contribution >= 4 is 12.1 Å². The topological polar surface area (TPSA) is 101 Å². The van der Waals surface area contributed by atoms with Crippen molar-refractivity contribution in [1.82, 2.24) is 15.3 Å². The maximum Gasteiger partial charge on any atom is 0.407 e. The number of benzene rings is 2. The summed E-state index contributed by atoms with van der Waals surface area (Å²) in [5.41, 5.74) is 4.44. The Morgan fingerprint density at radius 3 is 2.14 bits per heavy atom. The third-order valence-electron chi connectivity index (χ3n) is 4.94. The van der Waals surface area contributed by atoms with Crippen molar-refractivity contribution in [3.8, 4) is 11.1 Å². The molecule has 0 aliphatic heterocycles. The summed E-state index contributed by atoms with van der Waals surface area (Å²) >= 11 is 0. The first-order chi connectivity index (χ1) is 14.1. The van der Waals surface area contributed by atoms with Gasteiger partial charge in [0.2, 0.25) is 0 Å². The Labute approximate surface area is 167 Å². The Morgan fingerprint density at radius 2 is 1.55 bits per heavy atom. The number of nitrogens with zero attached hydrogens (tertiary/aromatic N) is 2. The summed E-state index contributed by atoms with van der Waals surface area (Å²) in [7, 11) is 0. The molecule has 2 aromatic carbocycles. The number of rotatable bonds is 6. The predicted molar refractivity (Wildman–Crippen MR) is 105 cm³/mol. The Balaban J connectivity index is 1.43. The molecule has 4 rings (SSSR count). The number of ether oxygens (including phenoxy) is 1. The van der Waals surface area contributed by atoms with E-state index in [0.29, 0.717) is 5.82 Å². The second-order valence-corrected chi connectivity index (χ2v) is 6.73. The number of hydrogen-bond acceptors (Lipinski definition) is 5. The van der Waals surface area contributed by atoms with Gasteiger partial charge in [-0.3, -0.25) is 0 Å². The first-order valence-electron chi connectivity index (χ1n) is 9.23. The second kappa shape index (κ2) is 8.10. The SMILES string of the molecule is O=C(N[C@@H](Cc1ncccn1)C(=O)O)OCC1c2ccccc2-c2ccccc21. The summed E-state index contributed by atoms with van der Waals surface area (Å²) in [6.07, 6.45) is 2.24. The lowest BCUT2D eigenvalue weighted by atomic mass is 9.98. The summed E-state index contributed by atoms with van der Waals surface area (Å²) in [6.45, 7) is 0.119. The number of carbonyl (C=O) groups is 2. The zero-order valence-corrected chi connectivity index (χ0v) is 15.5. The maximum absolute atomic E-state index is 12.3. The number of amides is 1. The number of carboxylic acids is 1. The molecule has 2 N–H and O–H groups in total. The van der Waals surface area contributed by atoms with Crippen LogP contribution in [0.5, 0.6) is 0 Å². The van der Waals surface area contributed by atoms with Gasteiger partial charge in [0.15, 0.2) is 0 Å². The molecule has 1 amide bonds. The number of alkyl carbamates (subject to hydrolysis) is 1. The van der Waals surface area contributed by atoms with Crippen LogP contribution in [-0.4, -0.2) is 39.8 Å². The monoisotopic (exact) mass is 389 g/mol. The van der Waals surface area contributed by atoms with Crippen molar-refractivity contribution in [1.29, 1.82) is 0 Å². The minimum atomic E-state index is -1.18. The van der Waals surface area contributed by atoms with Crippen molar-refractivity contribution in [2.75, 3.05) is 6.61 Å². The molecule has 7 heteroatoms. The van der Waals surface area contributed by atoms with E-state index < -0.39 is 18.1 Å². The number of aliphatic carboxylic acids is 1. The van der Waals surface area contributed by atoms with Gasteiger partial charge in [-0.1, -0.05) is 48.5 Å². The minimum absolute atomic E-state index is 0.0274. The average molecular weight is 389 g/mol. The van der Waals surface area contributed by atoms with E-state index in [1.165, 1.54) is 12.4 Å². The zero-order valence-electron chi connectivity index (χ0n) is 15.5. The third kappa shape index (κ3) is 3.94. The molecule has 1 aliphatic carbocycles. The van der Waals surface area contributed by atoms with E-state index in [2.05, 4.69) is 27.4 Å². The number of carbonyl (C=O) groups excluding carboxylic acids is 1. The van der Waals surface area contributed by atoms with Crippen LogP contribution >= 0.6 is 0 Å². The molecule has 0 radical (unpaired) electrons. The van der Waals surface area contributed by atoms with Crippen LogP contribution in [0.1, 0.15) is 22.9 Å². The summed E-state index contributed by atoms with van der Waals surface area (Å²) < 4.78 is 5.40. The van der Waals surface area contributed by atoms with Crippen molar-refractivity contribution in [2.24, 2.45) is 0 Å². The van der Waals surface area contributed by atoms with E-state index in [0.717, 1.165) is 22.3 Å². The lowest BCUT2D eigenvalue weighted by Crippen LogP contribution is -2.43. The van der Waals surface area contributed by atoms with Gasteiger partial charge in [-0.05, 0) is 28.3 Å². The minimum Gasteiger partial charge on any atom is -0.480 e. The predicted octanol–water partition coefficient (Wildman–Crippen LogP) is 3.01. The van der Waals surface area contributed by atoms with Gasteiger partial charge in [-0.2, -0.15) is 0 Å². The molecule has 0 fully saturated rings. The number of fused-ring (bicyclic) bond motifs is 3. The fraction of sp³-hybridized carbons (Fsp3) is 0.182. The number of nitrogens with one attached hydrogen (secondary N) is 1. The largest absolute Gasteiger partial charge is 0.480 e. The van der Waals surface area contributed by atoms with Crippen LogP contribution in [-0.2, 0) is 16.0 Å². The first-order valence-corrected chi connectivity index (χ1v) is 9.23. The first kappa shape index (κ1) is 18.6. The van der Waals surface area contributed by atoms with Crippen molar-refractivity contribution < 1.29 is 19.4 Å². The van der Waals surface area contributed by atoms with E-state index >= 15 is 0 Å². The van der Waals surface area contributed by atoms with Crippen LogP contribution in [0.2, 0.25) is 0 Å². The molecule has 29 heavy (non-hydrogen) atoms. The fourth-order valence-electron chi connectivity index (χ4n) is 3.60. The average Bonchev–Trinajstić information content (AvgIpc) is 3.06. The lowest BCUT2D eigenvalue weighted by Gasteiger charge is -2.17. The van der Waals surface area contributed by atoms with Crippen LogP contribution in [0.15, 0.2) is 67.0 Å². The van der Waals surface area contributed by atoms with E-state index in [-0.39, 0.29) is 18.9 Å². The standard InChI is InChI=1S/C22H19N3O4/c26-21(27)19(12-20-23-10-5-11-24-20)25-22(28)29-13-18-16-8-3-1-6-14(16)15-7-2-4-9-17(15)18/h1-11,18-19H,12-13H2,(H,25,28)(H,26,27)/t19-/m0/s1. The van der Waals surface area contributed by atoms with E-state index in [1.54, 1.807) is 6.07 Å². The molecular weight excluding hydrogens is 370 g/mol. The Hall–Kier alpha value is -3.74. The maximum atomic E-state index is 12.3. The quantitative estimate of drug-likeness (QED) is 0.672. The number of aromatic nitrogens is 2. The molecule has 1 heterocycles. The molecule has 0 saturated carbocycles. The molecule has 3 aromatic rings. The molecule has 146 valence electrons. The summed E-state index contributed by atoms with van der Waals surface area (Å²) in [4.78, 5) is 31.8. The summed E-state index contributed by atoms with van der Waals surface area (Å²) in [5, 5.41) is 11.8. The van der Waals surface area contributed by atoms with Gasteiger partial charge in [0.25, 0.3) is 0 Å². The van der Waals surface area contributed by atoms with E-state index in [4.69, 9.17) is 4.74 Å². The molecule has 1 aliphatic rings. The van der Waals surface area contributed by atoms with Crippen LogP contribution in [0.3, 0.4) is 0 Å². The Morgan fingerprint density at radius 1 is 0.966 bits per heavy atom. The molecule has 1 atom stereocenters. The van der Waals surface area contributed by atoms with Crippen LogP contribution in [0.4, 0.5) is 4.79 Å². The molecular formula is C22H19N3O4. The highest BCUT2D eigenvalue weighted by molar-refractivity contribution is 5.81. The summed E-state index contributed by atoms with van der Waals surface area (Å²) in [5.74, 6) is -0.932. The number of hydrogen-bond donors (Lipinski definition) is 2. The van der Waals surface area contributed by atoms with Gasteiger partial charge in [0, 0.05) is 24.7 Å². The normalized spacial score (nSPS) is 13.2. The van der Waals surface area contributed by atoms with Gasteiger partial charge in [-0.25, -0.2) is 19.6 Å². The summed E-state index contributed by atoms with van der Waals surface area (Å²) in [6, 6.07) is 16.5. The molecule has 0 bridgehead atoms.